The van der Waals surface area contributed by atoms with Crippen LogP contribution in [0.15, 0.2) is 47.6 Å². The normalized spacial score (nSPS) is 11.3. The summed E-state index contributed by atoms with van der Waals surface area (Å²) in [6, 6.07) is 10.0. The SMILES string of the molecule is N#Cc1cc(Cl)cc2cc(-c3ccc(S(N)(=O)=O)cn3)cnc12. The monoisotopic (exact) mass is 344 g/mol. The molecule has 3 aromatic rings. The predicted molar refractivity (Wildman–Crippen MR) is 86.1 cm³/mol. The first-order valence-electron chi connectivity index (χ1n) is 6.37. The van der Waals surface area contributed by atoms with E-state index >= 15 is 0 Å². The summed E-state index contributed by atoms with van der Waals surface area (Å²) in [5.41, 5.74) is 2.13. The van der Waals surface area contributed by atoms with Gasteiger partial charge < -0.3 is 0 Å². The van der Waals surface area contributed by atoms with Crippen molar-refractivity contribution in [3.63, 3.8) is 0 Å². The lowest BCUT2D eigenvalue weighted by Crippen LogP contribution is -2.12. The van der Waals surface area contributed by atoms with Crippen LogP contribution in [0, 0.1) is 11.3 Å². The Morgan fingerprint density at radius 2 is 1.91 bits per heavy atom. The molecule has 1 aromatic carbocycles. The maximum Gasteiger partial charge on any atom is 0.239 e. The summed E-state index contributed by atoms with van der Waals surface area (Å²) in [4.78, 5) is 8.30. The van der Waals surface area contributed by atoms with Gasteiger partial charge in [-0.2, -0.15) is 5.26 Å². The summed E-state index contributed by atoms with van der Waals surface area (Å²) in [6.45, 7) is 0. The van der Waals surface area contributed by atoms with Crippen LogP contribution in [0.25, 0.3) is 22.2 Å². The molecule has 3 rings (SSSR count). The maximum absolute atomic E-state index is 11.2. The lowest BCUT2D eigenvalue weighted by molar-refractivity contribution is 0.597. The van der Waals surface area contributed by atoms with E-state index in [2.05, 4.69) is 16.0 Å². The summed E-state index contributed by atoms with van der Waals surface area (Å²) in [6.07, 6.45) is 2.75. The van der Waals surface area contributed by atoms with Crippen molar-refractivity contribution < 1.29 is 8.42 Å². The van der Waals surface area contributed by atoms with Crippen molar-refractivity contribution in [2.45, 2.75) is 4.90 Å². The smallest absolute Gasteiger partial charge is 0.239 e. The van der Waals surface area contributed by atoms with Gasteiger partial charge >= 0.3 is 0 Å². The Labute approximate surface area is 137 Å². The molecule has 0 amide bonds. The molecule has 0 atom stereocenters. The Morgan fingerprint density at radius 1 is 1.13 bits per heavy atom. The Kier molecular flexibility index (Phi) is 3.74. The summed E-state index contributed by atoms with van der Waals surface area (Å²) in [5.74, 6) is 0. The molecule has 6 nitrogen and oxygen atoms in total. The van der Waals surface area contributed by atoms with E-state index in [9.17, 15) is 8.42 Å². The highest BCUT2D eigenvalue weighted by molar-refractivity contribution is 7.89. The first-order chi connectivity index (χ1) is 10.9. The Hall–Kier alpha value is -2.53. The summed E-state index contributed by atoms with van der Waals surface area (Å²) in [5, 5.41) is 15.3. The van der Waals surface area contributed by atoms with Crippen molar-refractivity contribution in [3.8, 4) is 17.3 Å². The fraction of sp³-hybridized carbons (Fsp3) is 0. The van der Waals surface area contributed by atoms with E-state index in [1.807, 2.05) is 0 Å². The number of hydrogen-bond acceptors (Lipinski definition) is 5. The Morgan fingerprint density at radius 3 is 2.52 bits per heavy atom. The molecule has 8 heteroatoms. The van der Waals surface area contributed by atoms with Crippen LogP contribution in [-0.4, -0.2) is 18.4 Å². The average Bonchev–Trinajstić information content (AvgIpc) is 2.52. The van der Waals surface area contributed by atoms with Crippen molar-refractivity contribution in [2.24, 2.45) is 5.14 Å². The second-order valence-corrected chi connectivity index (χ2v) is 6.78. The van der Waals surface area contributed by atoms with Crippen molar-refractivity contribution in [2.75, 3.05) is 0 Å². The van der Waals surface area contributed by atoms with Gasteiger partial charge in [0.2, 0.25) is 10.0 Å². The standard InChI is InChI=1S/C15H9ClN4O2S/c16-12-4-9-3-11(7-20-15(9)10(5-12)6-17)14-2-1-13(8-19-14)23(18,21)22/h1-5,7-8H,(H2,18,21,22). The molecule has 2 heterocycles. The van der Waals surface area contributed by atoms with Crippen LogP contribution in [0.2, 0.25) is 5.02 Å². The molecule has 2 N–H and O–H groups in total. The molecule has 2 aromatic heterocycles. The van der Waals surface area contributed by atoms with Crippen LogP contribution in [0.4, 0.5) is 0 Å². The molecule has 0 bridgehead atoms. The molecule has 0 spiro atoms. The van der Waals surface area contributed by atoms with Gasteiger partial charge in [-0.3, -0.25) is 9.97 Å². The highest BCUT2D eigenvalue weighted by Gasteiger charge is 2.10. The van der Waals surface area contributed by atoms with E-state index in [0.717, 1.165) is 0 Å². The number of benzene rings is 1. The van der Waals surface area contributed by atoms with Crippen LogP contribution in [0.1, 0.15) is 5.56 Å². The first kappa shape index (κ1) is 15.4. The number of sulfonamides is 1. The van der Waals surface area contributed by atoms with Gasteiger partial charge in [0, 0.05) is 28.4 Å². The zero-order valence-corrected chi connectivity index (χ0v) is 13.1. The number of aromatic nitrogens is 2. The fourth-order valence-corrected chi connectivity index (χ4v) is 2.84. The molecular weight excluding hydrogens is 336 g/mol. The van der Waals surface area contributed by atoms with Crippen LogP contribution in [0.5, 0.6) is 0 Å². The van der Waals surface area contributed by atoms with E-state index in [-0.39, 0.29) is 4.90 Å². The van der Waals surface area contributed by atoms with Crippen LogP contribution in [0.3, 0.4) is 0 Å². The highest BCUT2D eigenvalue weighted by atomic mass is 35.5. The van der Waals surface area contributed by atoms with E-state index < -0.39 is 10.0 Å². The van der Waals surface area contributed by atoms with Crippen molar-refractivity contribution in [1.82, 2.24) is 9.97 Å². The lowest BCUT2D eigenvalue weighted by atomic mass is 10.1. The molecule has 114 valence electrons. The van der Waals surface area contributed by atoms with E-state index in [4.69, 9.17) is 22.0 Å². The molecule has 0 radical (unpaired) electrons. The van der Waals surface area contributed by atoms with Crippen LogP contribution < -0.4 is 5.14 Å². The highest BCUT2D eigenvalue weighted by Crippen LogP contribution is 2.26. The third-order valence-electron chi connectivity index (χ3n) is 3.23. The molecule has 0 aliphatic heterocycles. The second kappa shape index (κ2) is 5.59. The van der Waals surface area contributed by atoms with Gasteiger partial charge in [0.25, 0.3) is 0 Å². The number of pyridine rings is 2. The summed E-state index contributed by atoms with van der Waals surface area (Å²) >= 11 is 6.00. The van der Waals surface area contributed by atoms with Crippen molar-refractivity contribution in [1.29, 1.82) is 5.26 Å². The number of rotatable bonds is 2. The molecule has 0 fully saturated rings. The van der Waals surface area contributed by atoms with Crippen molar-refractivity contribution >= 4 is 32.5 Å². The topological polar surface area (TPSA) is 110 Å². The molecule has 0 saturated heterocycles. The van der Waals surface area contributed by atoms with E-state index in [1.54, 1.807) is 30.5 Å². The molecule has 23 heavy (non-hydrogen) atoms. The van der Waals surface area contributed by atoms with E-state index in [1.165, 1.54) is 12.3 Å². The Balaban J connectivity index is 2.13. The third-order valence-corrected chi connectivity index (χ3v) is 4.35. The lowest BCUT2D eigenvalue weighted by Gasteiger charge is -2.05. The van der Waals surface area contributed by atoms with Crippen LogP contribution >= 0.6 is 11.6 Å². The zero-order chi connectivity index (χ0) is 16.6. The number of halogens is 1. The first-order valence-corrected chi connectivity index (χ1v) is 8.29. The van der Waals surface area contributed by atoms with Gasteiger partial charge in [-0.1, -0.05) is 11.6 Å². The summed E-state index contributed by atoms with van der Waals surface area (Å²) in [7, 11) is -3.78. The molecule has 0 saturated carbocycles. The minimum atomic E-state index is -3.78. The Bertz CT molecular complexity index is 1060. The number of nitrogens with two attached hydrogens (primary N) is 1. The largest absolute Gasteiger partial charge is 0.255 e. The second-order valence-electron chi connectivity index (χ2n) is 4.79. The summed E-state index contributed by atoms with van der Waals surface area (Å²) < 4.78 is 22.5. The fourth-order valence-electron chi connectivity index (χ4n) is 2.16. The molecule has 0 aliphatic rings. The van der Waals surface area contributed by atoms with Crippen molar-refractivity contribution in [3.05, 3.63) is 53.3 Å². The van der Waals surface area contributed by atoms with Crippen LogP contribution in [-0.2, 0) is 10.0 Å². The van der Waals surface area contributed by atoms with Gasteiger partial charge in [0.1, 0.15) is 11.0 Å². The van der Waals surface area contributed by atoms with E-state index in [0.29, 0.717) is 32.7 Å². The number of hydrogen-bond donors (Lipinski definition) is 1. The minimum absolute atomic E-state index is 0.0650. The molecular formula is C15H9ClN4O2S. The molecule has 0 aliphatic carbocycles. The minimum Gasteiger partial charge on any atom is -0.255 e. The van der Waals surface area contributed by atoms with Gasteiger partial charge in [-0.05, 0) is 30.3 Å². The maximum atomic E-state index is 11.2. The van der Waals surface area contributed by atoms with Gasteiger partial charge in [0.05, 0.1) is 16.8 Å². The number of primary sulfonamides is 1. The van der Waals surface area contributed by atoms with Gasteiger partial charge in [-0.15, -0.1) is 0 Å². The third kappa shape index (κ3) is 3.00. The zero-order valence-electron chi connectivity index (χ0n) is 11.6. The average molecular weight is 345 g/mol. The number of fused-ring (bicyclic) bond motifs is 1. The quantitative estimate of drug-likeness (QED) is 0.767. The number of nitrogens with zero attached hydrogens (tertiary/aromatic N) is 3. The number of nitriles is 1. The van der Waals surface area contributed by atoms with Gasteiger partial charge in [0.15, 0.2) is 0 Å². The molecule has 0 unspecified atom stereocenters. The predicted octanol–water partition coefficient (Wildman–Crippen LogP) is 2.47. The van der Waals surface area contributed by atoms with Gasteiger partial charge in [-0.25, -0.2) is 13.6 Å².